The summed E-state index contributed by atoms with van der Waals surface area (Å²) < 4.78 is 0. The molecule has 10 rings (SSSR count). The SMILES string of the molecule is C1=CCC(c2c(=Cc3ccc(-c4ccccc4)cc3)c(=Cc3ccc(-c4ccccc4)cc3)cc3[cH-]c4c5ccccc5c5ccccc5c4c23)=C1.[Cl-].[Cl-].[Zr+3]. The van der Waals surface area contributed by atoms with Crippen LogP contribution in [0.5, 0.6) is 0 Å². The predicted octanol–water partition coefficient (Wildman–Crippen LogP) is 6.36. The molecule has 261 valence electrons. The van der Waals surface area contributed by atoms with Crippen LogP contribution in [0.1, 0.15) is 23.1 Å². The normalized spacial score (nSPS) is 12.8. The molecule has 0 nitrogen and oxygen atoms in total. The van der Waals surface area contributed by atoms with Crippen LogP contribution in [0.25, 0.3) is 83.1 Å². The van der Waals surface area contributed by atoms with Crippen molar-refractivity contribution < 1.29 is 51.0 Å². The molecule has 0 amide bonds. The number of allylic oxidation sites excluding steroid dienone is 4. The molecule has 1 aliphatic carbocycles. The van der Waals surface area contributed by atoms with Gasteiger partial charge in [-0.1, -0.05) is 203 Å². The van der Waals surface area contributed by atoms with Crippen molar-refractivity contribution in [1.82, 2.24) is 0 Å². The van der Waals surface area contributed by atoms with E-state index < -0.39 is 0 Å². The first-order valence-corrected chi connectivity index (χ1v) is 18.1. The average Bonchev–Trinajstić information content (AvgIpc) is 3.89. The van der Waals surface area contributed by atoms with Gasteiger partial charge in [-0.15, -0.1) is 28.3 Å². The number of halogens is 2. The van der Waals surface area contributed by atoms with E-state index in [1.807, 2.05) is 0 Å². The topological polar surface area (TPSA) is 0 Å². The molecule has 0 saturated carbocycles. The molecule has 9 aromatic rings. The van der Waals surface area contributed by atoms with Gasteiger partial charge in [0.25, 0.3) is 0 Å². The van der Waals surface area contributed by atoms with Crippen LogP contribution in [0.15, 0.2) is 188 Å². The fourth-order valence-corrected chi connectivity index (χ4v) is 8.26. The van der Waals surface area contributed by atoms with E-state index in [2.05, 4.69) is 200 Å². The standard InChI is InChI=1S/C52H35.2ClH.Zr/c1-3-13-37(14-4-1)39-27-23-35(24-28-39)31-42-33-43-34-49-46-21-10-9-19-44(46)45-20-11-12-22-47(45)52(49)51(43)50(41-17-7-8-18-41)48(42)32-36-25-29-40(30-26-36)38-15-5-2-6-16-38;;;/h1-17,19-34H,18H2;2*1H;/q-1;;;+3/p-2. The monoisotopic (exact) mass is 819 g/mol. The Morgan fingerprint density at radius 3 is 1.53 bits per heavy atom. The third-order valence-corrected chi connectivity index (χ3v) is 10.7. The van der Waals surface area contributed by atoms with Crippen LogP contribution in [0.4, 0.5) is 0 Å². The number of benzene rings is 8. The van der Waals surface area contributed by atoms with Crippen LogP contribution in [-0.2, 0) is 26.2 Å². The van der Waals surface area contributed by atoms with Crippen LogP contribution < -0.4 is 35.3 Å². The first kappa shape index (κ1) is 38.1. The van der Waals surface area contributed by atoms with Crippen molar-refractivity contribution in [3.05, 3.63) is 215 Å². The third-order valence-electron chi connectivity index (χ3n) is 10.7. The van der Waals surface area contributed by atoms with E-state index in [9.17, 15) is 0 Å². The molecule has 1 aliphatic rings. The van der Waals surface area contributed by atoms with Crippen molar-refractivity contribution >= 4 is 60.8 Å². The second-order valence-electron chi connectivity index (χ2n) is 13.8. The largest absolute Gasteiger partial charge is 3.00 e. The van der Waals surface area contributed by atoms with Crippen molar-refractivity contribution in [1.29, 1.82) is 0 Å². The summed E-state index contributed by atoms with van der Waals surface area (Å²) in [4.78, 5) is 0. The van der Waals surface area contributed by atoms with Crippen LogP contribution in [-0.4, -0.2) is 0 Å². The van der Waals surface area contributed by atoms with Crippen LogP contribution >= 0.6 is 0 Å². The van der Waals surface area contributed by atoms with E-state index in [-0.39, 0.29) is 51.0 Å². The zero-order valence-electron chi connectivity index (χ0n) is 30.0. The van der Waals surface area contributed by atoms with Crippen molar-refractivity contribution in [2.45, 2.75) is 6.42 Å². The Hall–Kier alpha value is -5.17. The minimum Gasteiger partial charge on any atom is -1.00 e. The number of rotatable bonds is 5. The van der Waals surface area contributed by atoms with Gasteiger partial charge in [0.15, 0.2) is 0 Å². The van der Waals surface area contributed by atoms with Crippen LogP contribution in [0.3, 0.4) is 0 Å². The van der Waals surface area contributed by atoms with Crippen molar-refractivity contribution in [3.63, 3.8) is 0 Å². The van der Waals surface area contributed by atoms with Gasteiger partial charge in [-0.2, -0.15) is 0 Å². The first-order chi connectivity index (χ1) is 25.8. The summed E-state index contributed by atoms with van der Waals surface area (Å²) in [6.07, 6.45) is 12.5. The molecule has 55 heavy (non-hydrogen) atoms. The second kappa shape index (κ2) is 16.3. The van der Waals surface area contributed by atoms with Gasteiger partial charge in [0, 0.05) is 0 Å². The Bertz CT molecular complexity index is 2990. The number of fused-ring (bicyclic) bond motifs is 8. The molecule has 3 heteroatoms. The Balaban J connectivity index is 0.00000155. The van der Waals surface area contributed by atoms with Gasteiger partial charge in [0.05, 0.1) is 0 Å². The van der Waals surface area contributed by atoms with E-state index in [1.54, 1.807) is 0 Å². The van der Waals surface area contributed by atoms with E-state index in [1.165, 1.54) is 98.0 Å². The maximum absolute atomic E-state index is 2.44. The zero-order valence-corrected chi connectivity index (χ0v) is 34.0. The van der Waals surface area contributed by atoms with E-state index in [4.69, 9.17) is 0 Å². The maximum Gasteiger partial charge on any atom is 3.00 e. The Labute approximate surface area is 353 Å². The molecule has 1 radical (unpaired) electrons. The number of hydrogen-bond donors (Lipinski definition) is 0. The van der Waals surface area contributed by atoms with E-state index in [0.717, 1.165) is 6.42 Å². The van der Waals surface area contributed by atoms with Gasteiger partial charge in [-0.3, -0.25) is 0 Å². The minimum absolute atomic E-state index is 0. The molecule has 0 N–H and O–H groups in total. The summed E-state index contributed by atoms with van der Waals surface area (Å²) >= 11 is 0. The number of hydrogen-bond acceptors (Lipinski definition) is 0. The Kier molecular flexibility index (Phi) is 11.3. The van der Waals surface area contributed by atoms with Gasteiger partial charge in [0.1, 0.15) is 0 Å². The molecule has 0 spiro atoms. The first-order valence-electron chi connectivity index (χ1n) is 18.1. The molecule has 0 fully saturated rings. The fourth-order valence-electron chi connectivity index (χ4n) is 8.26. The Morgan fingerprint density at radius 1 is 0.473 bits per heavy atom. The quantitative estimate of drug-likeness (QED) is 0.140. The average molecular weight is 822 g/mol. The molecular weight excluding hydrogens is 787 g/mol. The minimum atomic E-state index is 0. The summed E-state index contributed by atoms with van der Waals surface area (Å²) in [5.74, 6) is 0. The molecular formula is C52H35Cl2Zr. The molecule has 0 aromatic heterocycles. The molecule has 0 heterocycles. The molecule has 0 unspecified atom stereocenters. The van der Waals surface area contributed by atoms with Crippen molar-refractivity contribution in [2.75, 3.05) is 0 Å². The molecule has 0 atom stereocenters. The smallest absolute Gasteiger partial charge is 1.00 e. The van der Waals surface area contributed by atoms with Crippen molar-refractivity contribution in [2.24, 2.45) is 0 Å². The van der Waals surface area contributed by atoms with Crippen molar-refractivity contribution in [3.8, 4) is 22.3 Å². The molecule has 0 aliphatic heterocycles. The van der Waals surface area contributed by atoms with E-state index in [0.29, 0.717) is 0 Å². The maximum atomic E-state index is 2.44. The van der Waals surface area contributed by atoms with Gasteiger partial charge in [-0.05, 0) is 73.0 Å². The summed E-state index contributed by atoms with van der Waals surface area (Å²) in [6.45, 7) is 0. The summed E-state index contributed by atoms with van der Waals surface area (Å²) in [5, 5.41) is 13.0. The summed E-state index contributed by atoms with van der Waals surface area (Å²) in [6, 6.07) is 62.0. The molecule has 9 aromatic carbocycles. The predicted molar refractivity (Wildman–Crippen MR) is 224 cm³/mol. The Morgan fingerprint density at radius 2 is 0.964 bits per heavy atom. The fraction of sp³-hybridized carbons (Fsp3) is 0.0192. The zero-order chi connectivity index (χ0) is 34.4. The third kappa shape index (κ3) is 6.98. The van der Waals surface area contributed by atoms with Gasteiger partial charge >= 0.3 is 26.2 Å². The second-order valence-corrected chi connectivity index (χ2v) is 13.8. The summed E-state index contributed by atoms with van der Waals surface area (Å²) in [5.41, 5.74) is 9.97. The summed E-state index contributed by atoms with van der Waals surface area (Å²) in [7, 11) is 0. The molecule has 0 saturated heterocycles. The van der Waals surface area contributed by atoms with Gasteiger partial charge < -0.3 is 24.8 Å². The van der Waals surface area contributed by atoms with Crippen LogP contribution in [0, 0.1) is 0 Å². The van der Waals surface area contributed by atoms with Crippen LogP contribution in [0.2, 0.25) is 0 Å². The van der Waals surface area contributed by atoms with E-state index >= 15 is 0 Å². The van der Waals surface area contributed by atoms with Gasteiger partial charge in [-0.25, -0.2) is 0 Å². The van der Waals surface area contributed by atoms with Gasteiger partial charge in [0.2, 0.25) is 0 Å². The molecule has 0 bridgehead atoms.